The van der Waals surface area contributed by atoms with Crippen LogP contribution in [0, 0.1) is 10.1 Å². The molecule has 2 aromatic rings. The van der Waals surface area contributed by atoms with Crippen LogP contribution in [0.5, 0.6) is 5.75 Å². The minimum atomic E-state index is -0.492. The third-order valence-electron chi connectivity index (χ3n) is 2.74. The Labute approximate surface area is 122 Å². The van der Waals surface area contributed by atoms with Gasteiger partial charge in [0.2, 0.25) is 5.95 Å². The summed E-state index contributed by atoms with van der Waals surface area (Å²) < 4.78 is 5.52. The van der Waals surface area contributed by atoms with Gasteiger partial charge in [-0.1, -0.05) is 12.1 Å². The number of anilines is 1. The fourth-order valence-electron chi connectivity index (χ4n) is 1.89. The van der Waals surface area contributed by atoms with Gasteiger partial charge in [-0.25, -0.2) is 9.97 Å². The fourth-order valence-corrected chi connectivity index (χ4v) is 1.89. The smallest absolute Gasteiger partial charge is 0.313 e. The Kier molecular flexibility index (Phi) is 4.65. The topological polar surface area (TPSA) is 90.2 Å². The second-order valence-electron chi connectivity index (χ2n) is 4.14. The Morgan fingerprint density at radius 1 is 1.33 bits per heavy atom. The van der Waals surface area contributed by atoms with E-state index < -0.39 is 4.92 Å². The van der Waals surface area contributed by atoms with Gasteiger partial charge in [0, 0.05) is 12.1 Å². The highest BCUT2D eigenvalue weighted by molar-refractivity contribution is 5.75. The standard InChI is InChI=1S/C14H16N4O3/c1-3-15-14-16-9-11(18(19)20)13(17-14)10-7-5-6-8-12(10)21-4-2/h5-9H,3-4H2,1-2H3,(H,15,16,17). The molecule has 0 aliphatic rings. The Bertz CT molecular complexity index is 646. The van der Waals surface area contributed by atoms with E-state index in [0.717, 1.165) is 0 Å². The third kappa shape index (κ3) is 3.25. The summed E-state index contributed by atoms with van der Waals surface area (Å²) >= 11 is 0. The van der Waals surface area contributed by atoms with Crippen LogP contribution in [-0.4, -0.2) is 28.0 Å². The number of aromatic nitrogens is 2. The molecule has 0 amide bonds. The summed E-state index contributed by atoms with van der Waals surface area (Å²) in [6, 6.07) is 7.11. The van der Waals surface area contributed by atoms with Gasteiger partial charge < -0.3 is 10.1 Å². The van der Waals surface area contributed by atoms with E-state index >= 15 is 0 Å². The van der Waals surface area contributed by atoms with Crippen molar-refractivity contribution in [3.05, 3.63) is 40.6 Å². The van der Waals surface area contributed by atoms with Crippen molar-refractivity contribution in [3.8, 4) is 17.0 Å². The third-order valence-corrected chi connectivity index (χ3v) is 2.74. The van der Waals surface area contributed by atoms with E-state index in [1.807, 2.05) is 19.9 Å². The number of hydrogen-bond donors (Lipinski definition) is 1. The quantitative estimate of drug-likeness (QED) is 0.649. The molecule has 2 rings (SSSR count). The molecule has 0 spiro atoms. The minimum absolute atomic E-state index is 0.149. The average Bonchev–Trinajstić information content (AvgIpc) is 2.48. The highest BCUT2D eigenvalue weighted by Gasteiger charge is 2.21. The van der Waals surface area contributed by atoms with Gasteiger partial charge in [0.15, 0.2) is 5.69 Å². The van der Waals surface area contributed by atoms with Gasteiger partial charge in [-0.3, -0.25) is 10.1 Å². The fraction of sp³-hybridized carbons (Fsp3) is 0.286. The van der Waals surface area contributed by atoms with Crippen molar-refractivity contribution in [2.24, 2.45) is 0 Å². The first-order chi connectivity index (χ1) is 10.2. The highest BCUT2D eigenvalue weighted by Crippen LogP contribution is 2.34. The van der Waals surface area contributed by atoms with E-state index in [9.17, 15) is 10.1 Å². The van der Waals surface area contributed by atoms with Crippen LogP contribution in [0.4, 0.5) is 11.6 Å². The van der Waals surface area contributed by atoms with Gasteiger partial charge in [-0.2, -0.15) is 0 Å². The van der Waals surface area contributed by atoms with Gasteiger partial charge >= 0.3 is 5.69 Å². The average molecular weight is 288 g/mol. The molecule has 7 heteroatoms. The Morgan fingerprint density at radius 2 is 2.10 bits per heavy atom. The summed E-state index contributed by atoms with van der Waals surface area (Å²) in [5, 5.41) is 14.1. The van der Waals surface area contributed by atoms with Gasteiger partial charge in [0.1, 0.15) is 11.9 Å². The van der Waals surface area contributed by atoms with E-state index in [-0.39, 0.29) is 11.4 Å². The molecule has 0 aliphatic carbocycles. The second kappa shape index (κ2) is 6.65. The summed E-state index contributed by atoms with van der Waals surface area (Å²) in [5.41, 5.74) is 0.673. The molecule has 1 aromatic carbocycles. The lowest BCUT2D eigenvalue weighted by atomic mass is 10.1. The van der Waals surface area contributed by atoms with Crippen LogP contribution < -0.4 is 10.1 Å². The SMILES string of the molecule is CCNc1ncc([N+](=O)[O-])c(-c2ccccc2OCC)n1. The predicted molar refractivity (Wildman–Crippen MR) is 79.5 cm³/mol. The molecule has 0 aliphatic heterocycles. The van der Waals surface area contributed by atoms with E-state index in [0.29, 0.717) is 30.4 Å². The Balaban J connectivity index is 2.59. The van der Waals surface area contributed by atoms with Crippen molar-refractivity contribution < 1.29 is 9.66 Å². The van der Waals surface area contributed by atoms with Gasteiger partial charge in [0.25, 0.3) is 0 Å². The lowest BCUT2D eigenvalue weighted by Gasteiger charge is -2.10. The molecule has 110 valence electrons. The van der Waals surface area contributed by atoms with Crippen LogP contribution >= 0.6 is 0 Å². The summed E-state index contributed by atoms with van der Waals surface area (Å²) in [4.78, 5) is 18.9. The molecular weight excluding hydrogens is 272 g/mol. The van der Waals surface area contributed by atoms with Crippen LogP contribution in [0.2, 0.25) is 0 Å². The number of ether oxygens (including phenoxy) is 1. The lowest BCUT2D eigenvalue weighted by molar-refractivity contribution is -0.384. The predicted octanol–water partition coefficient (Wildman–Crippen LogP) is 2.88. The molecule has 0 bridgehead atoms. The molecule has 0 atom stereocenters. The first kappa shape index (κ1) is 14.7. The number of nitrogens with zero attached hydrogens (tertiary/aromatic N) is 3. The molecule has 0 saturated carbocycles. The zero-order valence-electron chi connectivity index (χ0n) is 11.9. The van der Waals surface area contributed by atoms with Crippen LogP contribution in [0.3, 0.4) is 0 Å². The summed E-state index contributed by atoms with van der Waals surface area (Å²) in [7, 11) is 0. The van der Waals surface area contributed by atoms with Gasteiger partial charge in [-0.15, -0.1) is 0 Å². The maximum Gasteiger partial charge on any atom is 0.313 e. The number of benzene rings is 1. The second-order valence-corrected chi connectivity index (χ2v) is 4.14. The molecule has 0 radical (unpaired) electrons. The van der Waals surface area contributed by atoms with Crippen LogP contribution in [0.1, 0.15) is 13.8 Å². The molecule has 1 heterocycles. The first-order valence-electron chi connectivity index (χ1n) is 6.64. The summed E-state index contributed by atoms with van der Waals surface area (Å²) in [6.07, 6.45) is 1.21. The Hall–Kier alpha value is -2.70. The van der Waals surface area contributed by atoms with Crippen molar-refractivity contribution in [1.29, 1.82) is 0 Å². The largest absolute Gasteiger partial charge is 0.493 e. The maximum absolute atomic E-state index is 11.2. The van der Waals surface area contributed by atoms with Crippen molar-refractivity contribution in [2.45, 2.75) is 13.8 Å². The summed E-state index contributed by atoms with van der Waals surface area (Å²) in [5.74, 6) is 0.911. The van der Waals surface area contributed by atoms with Crippen molar-refractivity contribution in [3.63, 3.8) is 0 Å². The van der Waals surface area contributed by atoms with Crippen molar-refractivity contribution in [1.82, 2.24) is 9.97 Å². The van der Waals surface area contributed by atoms with E-state index in [2.05, 4.69) is 15.3 Å². The van der Waals surface area contributed by atoms with Crippen molar-refractivity contribution >= 4 is 11.6 Å². The zero-order valence-corrected chi connectivity index (χ0v) is 11.9. The van der Waals surface area contributed by atoms with Gasteiger partial charge in [-0.05, 0) is 26.0 Å². The lowest BCUT2D eigenvalue weighted by Crippen LogP contribution is -2.05. The molecule has 1 aromatic heterocycles. The number of nitrogens with one attached hydrogen (secondary N) is 1. The van der Waals surface area contributed by atoms with E-state index in [1.54, 1.807) is 18.2 Å². The first-order valence-corrected chi connectivity index (χ1v) is 6.64. The number of nitro groups is 1. The number of para-hydroxylation sites is 1. The van der Waals surface area contributed by atoms with E-state index in [1.165, 1.54) is 6.20 Å². The minimum Gasteiger partial charge on any atom is -0.493 e. The molecule has 0 fully saturated rings. The van der Waals surface area contributed by atoms with Crippen LogP contribution in [-0.2, 0) is 0 Å². The van der Waals surface area contributed by atoms with Gasteiger partial charge in [0.05, 0.1) is 11.5 Å². The zero-order chi connectivity index (χ0) is 15.2. The van der Waals surface area contributed by atoms with Crippen molar-refractivity contribution in [2.75, 3.05) is 18.5 Å². The molecule has 21 heavy (non-hydrogen) atoms. The number of rotatable bonds is 6. The summed E-state index contributed by atoms with van der Waals surface area (Å²) in [6.45, 7) is 4.86. The molecule has 7 nitrogen and oxygen atoms in total. The normalized spacial score (nSPS) is 10.2. The molecule has 0 saturated heterocycles. The van der Waals surface area contributed by atoms with E-state index in [4.69, 9.17) is 4.74 Å². The maximum atomic E-state index is 11.2. The Morgan fingerprint density at radius 3 is 2.76 bits per heavy atom. The highest BCUT2D eigenvalue weighted by atomic mass is 16.6. The van der Waals surface area contributed by atoms with Crippen LogP contribution in [0.25, 0.3) is 11.3 Å². The monoisotopic (exact) mass is 288 g/mol. The van der Waals surface area contributed by atoms with Crippen LogP contribution in [0.15, 0.2) is 30.5 Å². The molecular formula is C14H16N4O3. The molecule has 1 N–H and O–H groups in total. The molecule has 0 unspecified atom stereocenters. The number of hydrogen-bond acceptors (Lipinski definition) is 6.